The summed E-state index contributed by atoms with van der Waals surface area (Å²) in [5, 5.41) is -0.339. The molecule has 0 N–H and O–H groups in total. The standard InChI is InChI=1S/C26H20BrNO6S/c1-32-19-10-8-17(9-11-19)25(30)34-21-12-7-16(13-22(21)33-2)14-23-24(29)28(26(31)35-23)15-18-5-3-4-6-20(18)27/h3-14H,15H2,1-2H3/b23-14-. The van der Waals surface area contributed by atoms with E-state index in [1.165, 1.54) is 12.0 Å². The van der Waals surface area contributed by atoms with E-state index < -0.39 is 5.97 Å². The van der Waals surface area contributed by atoms with E-state index in [1.807, 2.05) is 24.3 Å². The van der Waals surface area contributed by atoms with E-state index >= 15 is 0 Å². The Kier molecular flexibility index (Phi) is 7.57. The molecule has 9 heteroatoms. The summed E-state index contributed by atoms with van der Waals surface area (Å²) in [5.74, 6) is 0.251. The van der Waals surface area contributed by atoms with Crippen LogP contribution < -0.4 is 14.2 Å². The van der Waals surface area contributed by atoms with Crippen LogP contribution in [0.5, 0.6) is 17.2 Å². The number of hydrogen-bond acceptors (Lipinski definition) is 7. The van der Waals surface area contributed by atoms with Crippen LogP contribution >= 0.6 is 27.7 Å². The van der Waals surface area contributed by atoms with Crippen molar-refractivity contribution in [1.29, 1.82) is 0 Å². The molecular formula is C26H20BrNO6S. The molecule has 0 radical (unpaired) electrons. The number of carbonyl (C=O) groups is 3. The van der Waals surface area contributed by atoms with Crippen LogP contribution in [0.3, 0.4) is 0 Å². The van der Waals surface area contributed by atoms with Crippen molar-refractivity contribution < 1.29 is 28.6 Å². The smallest absolute Gasteiger partial charge is 0.343 e. The van der Waals surface area contributed by atoms with Gasteiger partial charge in [-0.1, -0.05) is 40.2 Å². The number of nitrogens with zero attached hydrogens (tertiary/aromatic N) is 1. The quantitative estimate of drug-likeness (QED) is 0.204. The number of carbonyl (C=O) groups excluding carboxylic acids is 3. The summed E-state index contributed by atoms with van der Waals surface area (Å²) in [5.41, 5.74) is 1.81. The maximum absolute atomic E-state index is 12.9. The minimum Gasteiger partial charge on any atom is -0.497 e. The second kappa shape index (κ2) is 10.8. The molecule has 0 unspecified atom stereocenters. The van der Waals surface area contributed by atoms with Crippen LogP contribution in [0, 0.1) is 0 Å². The third-order valence-electron chi connectivity index (χ3n) is 5.17. The molecule has 178 valence electrons. The zero-order valence-corrected chi connectivity index (χ0v) is 21.2. The normalized spacial score (nSPS) is 14.4. The van der Waals surface area contributed by atoms with Gasteiger partial charge in [-0.2, -0.15) is 0 Å². The lowest BCUT2D eigenvalue weighted by Crippen LogP contribution is -2.27. The fourth-order valence-electron chi connectivity index (χ4n) is 3.33. The molecule has 1 aliphatic rings. The molecule has 2 amide bonds. The topological polar surface area (TPSA) is 82.1 Å². The van der Waals surface area contributed by atoms with E-state index in [-0.39, 0.29) is 23.4 Å². The number of methoxy groups -OCH3 is 2. The van der Waals surface area contributed by atoms with Crippen molar-refractivity contribution in [2.24, 2.45) is 0 Å². The van der Waals surface area contributed by atoms with Crippen LogP contribution in [-0.4, -0.2) is 36.2 Å². The van der Waals surface area contributed by atoms with Crippen molar-refractivity contribution in [3.05, 3.63) is 92.8 Å². The van der Waals surface area contributed by atoms with Gasteiger partial charge in [-0.25, -0.2) is 4.79 Å². The molecule has 3 aromatic rings. The fraction of sp³-hybridized carbons (Fsp3) is 0.115. The van der Waals surface area contributed by atoms with Crippen molar-refractivity contribution in [3.8, 4) is 17.2 Å². The Balaban J connectivity index is 1.51. The number of thioether (sulfide) groups is 1. The van der Waals surface area contributed by atoms with Gasteiger partial charge in [0.15, 0.2) is 11.5 Å². The predicted octanol–water partition coefficient (Wildman–Crippen LogP) is 5.92. The monoisotopic (exact) mass is 553 g/mol. The Labute approximate surface area is 214 Å². The number of benzene rings is 3. The first kappa shape index (κ1) is 24.6. The Morgan fingerprint density at radius 1 is 0.971 bits per heavy atom. The molecule has 0 spiro atoms. The number of halogens is 1. The second-order valence-corrected chi connectivity index (χ2v) is 9.24. The highest BCUT2D eigenvalue weighted by molar-refractivity contribution is 9.10. The van der Waals surface area contributed by atoms with Gasteiger partial charge >= 0.3 is 5.97 Å². The highest BCUT2D eigenvalue weighted by atomic mass is 79.9. The van der Waals surface area contributed by atoms with Crippen LogP contribution in [0.15, 0.2) is 76.1 Å². The molecule has 1 fully saturated rings. The van der Waals surface area contributed by atoms with Gasteiger partial charge in [0, 0.05) is 4.47 Å². The van der Waals surface area contributed by atoms with Gasteiger partial charge in [0.2, 0.25) is 0 Å². The minimum atomic E-state index is -0.549. The van der Waals surface area contributed by atoms with Crippen molar-refractivity contribution in [2.75, 3.05) is 14.2 Å². The fourth-order valence-corrected chi connectivity index (χ4v) is 4.58. The van der Waals surface area contributed by atoms with E-state index in [2.05, 4.69) is 15.9 Å². The summed E-state index contributed by atoms with van der Waals surface area (Å²) in [6.45, 7) is 0.174. The summed E-state index contributed by atoms with van der Waals surface area (Å²) in [6.07, 6.45) is 1.61. The summed E-state index contributed by atoms with van der Waals surface area (Å²) in [4.78, 5) is 39.4. The van der Waals surface area contributed by atoms with Gasteiger partial charge in [0.05, 0.1) is 31.2 Å². The maximum atomic E-state index is 12.9. The molecule has 7 nitrogen and oxygen atoms in total. The van der Waals surface area contributed by atoms with Gasteiger partial charge in [-0.3, -0.25) is 14.5 Å². The van der Waals surface area contributed by atoms with Crippen LogP contribution in [-0.2, 0) is 11.3 Å². The number of ether oxygens (including phenoxy) is 3. The van der Waals surface area contributed by atoms with Gasteiger partial charge in [-0.15, -0.1) is 0 Å². The minimum absolute atomic E-state index is 0.174. The lowest BCUT2D eigenvalue weighted by Gasteiger charge is -2.13. The third-order valence-corrected chi connectivity index (χ3v) is 6.85. The van der Waals surface area contributed by atoms with Gasteiger partial charge < -0.3 is 14.2 Å². The zero-order chi connectivity index (χ0) is 24.9. The molecule has 1 heterocycles. The van der Waals surface area contributed by atoms with E-state index in [1.54, 1.807) is 55.7 Å². The summed E-state index contributed by atoms with van der Waals surface area (Å²) < 4.78 is 16.8. The average Bonchev–Trinajstić information content (AvgIpc) is 3.13. The molecule has 0 aliphatic carbocycles. The Bertz CT molecular complexity index is 1320. The number of amides is 2. The molecule has 0 bridgehead atoms. The van der Waals surface area contributed by atoms with Crippen molar-refractivity contribution in [2.45, 2.75) is 6.54 Å². The highest BCUT2D eigenvalue weighted by Gasteiger charge is 2.35. The van der Waals surface area contributed by atoms with Gasteiger partial charge in [0.1, 0.15) is 5.75 Å². The summed E-state index contributed by atoms with van der Waals surface area (Å²) >= 11 is 4.32. The third kappa shape index (κ3) is 5.58. The van der Waals surface area contributed by atoms with Crippen LogP contribution in [0.25, 0.3) is 6.08 Å². The molecule has 1 saturated heterocycles. The first-order valence-corrected chi connectivity index (χ1v) is 12.0. The lowest BCUT2D eigenvalue weighted by atomic mass is 10.1. The van der Waals surface area contributed by atoms with E-state index in [0.29, 0.717) is 27.5 Å². The SMILES string of the molecule is COc1ccc(C(=O)Oc2ccc(/C=C3\SC(=O)N(Cc4ccccc4Br)C3=O)cc2OC)cc1. The van der Waals surface area contributed by atoms with Gasteiger partial charge in [-0.05, 0) is 71.4 Å². The first-order valence-electron chi connectivity index (χ1n) is 10.4. The van der Waals surface area contributed by atoms with Crippen LogP contribution in [0.2, 0.25) is 0 Å². The van der Waals surface area contributed by atoms with Crippen molar-refractivity contribution in [3.63, 3.8) is 0 Å². The van der Waals surface area contributed by atoms with Crippen molar-refractivity contribution in [1.82, 2.24) is 4.90 Å². The molecule has 35 heavy (non-hydrogen) atoms. The van der Waals surface area contributed by atoms with E-state index in [9.17, 15) is 14.4 Å². The Morgan fingerprint density at radius 3 is 2.40 bits per heavy atom. The predicted molar refractivity (Wildman–Crippen MR) is 137 cm³/mol. The molecule has 0 saturated carbocycles. The van der Waals surface area contributed by atoms with Crippen LogP contribution in [0.4, 0.5) is 4.79 Å². The number of esters is 1. The van der Waals surface area contributed by atoms with E-state index in [4.69, 9.17) is 14.2 Å². The van der Waals surface area contributed by atoms with E-state index in [0.717, 1.165) is 21.8 Å². The molecule has 3 aromatic carbocycles. The lowest BCUT2D eigenvalue weighted by molar-refractivity contribution is -0.123. The molecule has 0 aromatic heterocycles. The highest BCUT2D eigenvalue weighted by Crippen LogP contribution is 2.36. The second-order valence-electron chi connectivity index (χ2n) is 7.39. The number of hydrogen-bond donors (Lipinski definition) is 0. The molecule has 0 atom stereocenters. The maximum Gasteiger partial charge on any atom is 0.343 e. The first-order chi connectivity index (χ1) is 16.9. The summed E-state index contributed by atoms with van der Waals surface area (Å²) in [6, 6.07) is 18.9. The average molecular weight is 554 g/mol. The van der Waals surface area contributed by atoms with Gasteiger partial charge in [0.25, 0.3) is 11.1 Å². The number of imide groups is 1. The largest absolute Gasteiger partial charge is 0.497 e. The Morgan fingerprint density at radius 2 is 1.71 bits per heavy atom. The Hall–Kier alpha value is -3.56. The summed E-state index contributed by atoms with van der Waals surface area (Å²) in [7, 11) is 3.00. The van der Waals surface area contributed by atoms with Crippen LogP contribution in [0.1, 0.15) is 21.5 Å². The number of rotatable bonds is 7. The molecule has 1 aliphatic heterocycles. The van der Waals surface area contributed by atoms with Crippen molar-refractivity contribution >= 4 is 50.9 Å². The molecule has 4 rings (SSSR count). The molecular weight excluding hydrogens is 534 g/mol. The zero-order valence-electron chi connectivity index (χ0n) is 18.8.